The number of nitrogens with two attached hydrogens (primary N) is 1. The van der Waals surface area contributed by atoms with Gasteiger partial charge in [0.1, 0.15) is 12.4 Å². The van der Waals surface area contributed by atoms with Crippen molar-refractivity contribution in [2.75, 3.05) is 6.61 Å². The highest BCUT2D eigenvalue weighted by atomic mass is 16.5. The topological polar surface area (TPSA) is 69.7 Å². The molecule has 2 aliphatic rings. The lowest BCUT2D eigenvalue weighted by Gasteiger charge is -2.32. The average molecular weight is 343 g/mol. The van der Waals surface area contributed by atoms with Gasteiger partial charge in [-0.1, -0.05) is 35.9 Å². The van der Waals surface area contributed by atoms with Crippen LogP contribution in [0.2, 0.25) is 0 Å². The fraction of sp³-hybridized carbons (Fsp3) is 0.143. The van der Waals surface area contributed by atoms with Crippen molar-refractivity contribution in [3.8, 4) is 22.8 Å². The van der Waals surface area contributed by atoms with Gasteiger partial charge in [-0.15, -0.1) is 0 Å². The van der Waals surface area contributed by atoms with Crippen molar-refractivity contribution in [2.24, 2.45) is 10.7 Å². The van der Waals surface area contributed by atoms with Crippen molar-refractivity contribution in [3.05, 3.63) is 77.5 Å². The van der Waals surface area contributed by atoms with Crippen molar-refractivity contribution in [3.63, 3.8) is 0 Å². The van der Waals surface area contributed by atoms with Crippen molar-refractivity contribution in [1.29, 1.82) is 0 Å². The van der Waals surface area contributed by atoms with Gasteiger partial charge in [0.15, 0.2) is 5.54 Å². The first-order chi connectivity index (χ1) is 12.7. The third-order valence-corrected chi connectivity index (χ3v) is 4.93. The van der Waals surface area contributed by atoms with Crippen LogP contribution in [0.15, 0.2) is 65.8 Å². The number of aryl methyl sites for hydroxylation is 1. The molecule has 128 valence electrons. The molecule has 5 nitrogen and oxygen atoms in total. The van der Waals surface area contributed by atoms with Crippen LogP contribution in [-0.4, -0.2) is 17.6 Å². The first-order valence-corrected chi connectivity index (χ1v) is 8.49. The highest BCUT2D eigenvalue weighted by Crippen LogP contribution is 2.50. The number of nitrogens with zero attached hydrogens (tertiary/aromatic N) is 2. The van der Waals surface area contributed by atoms with Gasteiger partial charge < -0.3 is 15.2 Å². The summed E-state index contributed by atoms with van der Waals surface area (Å²) in [5, 5.41) is 0. The van der Waals surface area contributed by atoms with Gasteiger partial charge in [0.25, 0.3) is 6.02 Å². The lowest BCUT2D eigenvalue weighted by atomic mass is 9.81. The Kier molecular flexibility index (Phi) is 3.06. The summed E-state index contributed by atoms with van der Waals surface area (Å²) in [5.41, 5.74) is 10.4. The zero-order chi connectivity index (χ0) is 17.7. The number of aliphatic imine (C=N–C) groups is 1. The number of ether oxygens (including phenoxy) is 2. The van der Waals surface area contributed by atoms with E-state index >= 15 is 0 Å². The number of hydrogen-bond donors (Lipinski definition) is 1. The number of pyridine rings is 1. The second-order valence-corrected chi connectivity index (χ2v) is 6.64. The highest BCUT2D eigenvalue weighted by molar-refractivity contribution is 5.77. The molecule has 5 rings (SSSR count). The smallest absolute Gasteiger partial charge is 0.283 e. The quantitative estimate of drug-likeness (QED) is 0.730. The molecule has 3 aromatic rings. The predicted molar refractivity (Wildman–Crippen MR) is 99.3 cm³/mol. The molecule has 2 aromatic carbocycles. The third kappa shape index (κ3) is 2.10. The zero-order valence-electron chi connectivity index (χ0n) is 14.3. The first-order valence-electron chi connectivity index (χ1n) is 8.49. The molecular weight excluding hydrogens is 326 g/mol. The minimum Gasteiger partial charge on any atom is -0.462 e. The van der Waals surface area contributed by atoms with Crippen LogP contribution in [0, 0.1) is 6.92 Å². The standard InChI is InChI=1S/C21H17N3O2/c1-13-4-2-5-14(10-13)15-7-8-18-17(11-15)21(12-25-20(22)24-21)16-6-3-9-23-19(16)26-18/h2-11H,12H2,1H3,(H2,22,24)/t21-/m0/s1. The Morgan fingerprint density at radius 2 is 1.88 bits per heavy atom. The first kappa shape index (κ1) is 15.0. The molecule has 1 spiro atoms. The summed E-state index contributed by atoms with van der Waals surface area (Å²) < 4.78 is 11.6. The molecule has 1 atom stereocenters. The number of hydrogen-bond acceptors (Lipinski definition) is 5. The Hall–Kier alpha value is -3.34. The summed E-state index contributed by atoms with van der Waals surface area (Å²) >= 11 is 0. The van der Waals surface area contributed by atoms with E-state index in [1.807, 2.05) is 18.2 Å². The molecule has 0 unspecified atom stereocenters. The number of benzene rings is 2. The molecule has 0 aliphatic carbocycles. The van der Waals surface area contributed by atoms with Crippen LogP contribution in [-0.2, 0) is 10.3 Å². The Bertz CT molecular complexity index is 1060. The maximum atomic E-state index is 6.04. The third-order valence-electron chi connectivity index (χ3n) is 4.93. The summed E-state index contributed by atoms with van der Waals surface area (Å²) in [4.78, 5) is 9.03. The van der Waals surface area contributed by atoms with E-state index in [-0.39, 0.29) is 6.02 Å². The van der Waals surface area contributed by atoms with E-state index in [9.17, 15) is 0 Å². The molecule has 0 bridgehead atoms. The van der Waals surface area contributed by atoms with Crippen LogP contribution in [0.5, 0.6) is 11.6 Å². The predicted octanol–water partition coefficient (Wildman–Crippen LogP) is 3.75. The maximum absolute atomic E-state index is 6.04. The van der Waals surface area contributed by atoms with Crippen LogP contribution >= 0.6 is 0 Å². The Labute approximate surface area is 151 Å². The molecule has 1 aromatic heterocycles. The second-order valence-electron chi connectivity index (χ2n) is 6.64. The largest absolute Gasteiger partial charge is 0.462 e. The van der Waals surface area contributed by atoms with Crippen LogP contribution in [0.25, 0.3) is 11.1 Å². The van der Waals surface area contributed by atoms with E-state index in [0.717, 1.165) is 28.0 Å². The van der Waals surface area contributed by atoms with Crippen molar-refractivity contribution in [2.45, 2.75) is 12.5 Å². The number of aromatic nitrogens is 1. The second kappa shape index (κ2) is 5.33. The molecule has 0 saturated heterocycles. The molecule has 0 amide bonds. The van der Waals surface area contributed by atoms with Crippen LogP contribution in [0.4, 0.5) is 0 Å². The van der Waals surface area contributed by atoms with Crippen LogP contribution in [0.3, 0.4) is 0 Å². The minimum absolute atomic E-state index is 0.189. The van der Waals surface area contributed by atoms with E-state index < -0.39 is 5.54 Å². The molecule has 5 heteroatoms. The summed E-state index contributed by atoms with van der Waals surface area (Å²) in [7, 11) is 0. The molecule has 0 saturated carbocycles. The van der Waals surface area contributed by atoms with Crippen molar-refractivity contribution >= 4 is 6.02 Å². The molecule has 26 heavy (non-hydrogen) atoms. The number of rotatable bonds is 1. The normalized spacial score (nSPS) is 20.0. The van der Waals surface area contributed by atoms with Gasteiger partial charge in [0.2, 0.25) is 5.88 Å². The molecule has 2 aliphatic heterocycles. The Morgan fingerprint density at radius 1 is 1.00 bits per heavy atom. The van der Waals surface area contributed by atoms with Gasteiger partial charge in [0.05, 0.1) is 5.56 Å². The van der Waals surface area contributed by atoms with E-state index in [4.69, 9.17) is 15.2 Å². The van der Waals surface area contributed by atoms with Gasteiger partial charge in [0, 0.05) is 11.8 Å². The molecule has 3 heterocycles. The van der Waals surface area contributed by atoms with E-state index in [0.29, 0.717) is 12.5 Å². The molecule has 2 N–H and O–H groups in total. The van der Waals surface area contributed by atoms with E-state index in [2.05, 4.69) is 53.3 Å². The summed E-state index contributed by atoms with van der Waals surface area (Å²) in [6.07, 6.45) is 1.71. The molecule has 0 fully saturated rings. The minimum atomic E-state index is -0.721. The zero-order valence-corrected chi connectivity index (χ0v) is 14.3. The molecular formula is C21H17N3O2. The SMILES string of the molecule is Cc1cccc(-c2ccc3c(c2)[C@]2(COC(N)=N2)c2cccnc2O3)c1. The lowest BCUT2D eigenvalue weighted by Crippen LogP contribution is -2.31. The van der Waals surface area contributed by atoms with Gasteiger partial charge in [-0.3, -0.25) is 0 Å². The van der Waals surface area contributed by atoms with E-state index in [1.165, 1.54) is 5.56 Å². The number of fused-ring (bicyclic) bond motifs is 4. The fourth-order valence-electron chi connectivity index (χ4n) is 3.69. The maximum Gasteiger partial charge on any atom is 0.283 e. The van der Waals surface area contributed by atoms with Gasteiger partial charge in [-0.25, -0.2) is 9.98 Å². The monoisotopic (exact) mass is 343 g/mol. The van der Waals surface area contributed by atoms with Gasteiger partial charge in [-0.2, -0.15) is 0 Å². The molecule has 0 radical (unpaired) electrons. The highest BCUT2D eigenvalue weighted by Gasteiger charge is 2.47. The van der Waals surface area contributed by atoms with Gasteiger partial charge in [-0.05, 0) is 42.3 Å². The lowest BCUT2D eigenvalue weighted by molar-refractivity contribution is 0.262. The Morgan fingerprint density at radius 3 is 2.69 bits per heavy atom. The summed E-state index contributed by atoms with van der Waals surface area (Å²) in [6.45, 7) is 2.43. The van der Waals surface area contributed by atoms with Crippen molar-refractivity contribution in [1.82, 2.24) is 4.98 Å². The number of amidine groups is 1. The Balaban J connectivity index is 1.74. The van der Waals surface area contributed by atoms with Crippen molar-refractivity contribution < 1.29 is 9.47 Å². The summed E-state index contributed by atoms with van der Waals surface area (Å²) in [6, 6.07) is 18.6. The van der Waals surface area contributed by atoms with E-state index in [1.54, 1.807) is 6.20 Å². The fourth-order valence-corrected chi connectivity index (χ4v) is 3.69. The average Bonchev–Trinajstić information content (AvgIpc) is 3.04. The van der Waals surface area contributed by atoms with Crippen LogP contribution in [0.1, 0.15) is 16.7 Å². The van der Waals surface area contributed by atoms with Crippen LogP contribution < -0.4 is 10.5 Å². The summed E-state index contributed by atoms with van der Waals surface area (Å²) in [5.74, 6) is 1.28. The van der Waals surface area contributed by atoms with Gasteiger partial charge >= 0.3 is 0 Å².